The van der Waals surface area contributed by atoms with Crippen molar-refractivity contribution < 1.29 is 9.66 Å². The van der Waals surface area contributed by atoms with E-state index in [0.29, 0.717) is 5.75 Å². The van der Waals surface area contributed by atoms with Crippen LogP contribution in [0.4, 0.5) is 5.69 Å². The van der Waals surface area contributed by atoms with E-state index in [1.807, 2.05) is 34.6 Å². The van der Waals surface area contributed by atoms with Gasteiger partial charge in [-0.05, 0) is 32.9 Å². The molecule has 0 fully saturated rings. The molecule has 1 aromatic rings. The third kappa shape index (κ3) is 7.33. The summed E-state index contributed by atoms with van der Waals surface area (Å²) >= 11 is 0. The fourth-order valence-corrected chi connectivity index (χ4v) is 0.989. The highest BCUT2D eigenvalue weighted by molar-refractivity contribution is 5.36. The van der Waals surface area contributed by atoms with Crippen LogP contribution in [0.2, 0.25) is 0 Å². The lowest BCUT2D eigenvalue weighted by atomic mass is 10.2. The minimum Gasteiger partial charge on any atom is -0.488 e. The Morgan fingerprint density at radius 3 is 1.82 bits per heavy atom. The highest BCUT2D eigenvalue weighted by Gasteiger charge is 2.12. The molecule has 4 nitrogen and oxygen atoms in total. The summed E-state index contributed by atoms with van der Waals surface area (Å²) in [7, 11) is 0. The summed E-state index contributed by atoms with van der Waals surface area (Å²) in [5.41, 5.74) is -0.206. The average Bonchev–Trinajstić information content (AvgIpc) is 2.19. The summed E-state index contributed by atoms with van der Waals surface area (Å²) in [5, 5.41) is 10.4. The second kappa shape index (κ2) is 7.65. The fourth-order valence-electron chi connectivity index (χ4n) is 0.989. The molecule has 0 radical (unpaired) electrons. The molecule has 0 saturated heterocycles. The third-order valence-electron chi connectivity index (χ3n) is 1.47. The highest BCUT2D eigenvalue weighted by Crippen LogP contribution is 2.21. The van der Waals surface area contributed by atoms with E-state index in [4.69, 9.17) is 4.74 Å². The normalized spacial score (nSPS) is 9.47. The minimum absolute atomic E-state index is 0. The first kappa shape index (κ1) is 17.8. The van der Waals surface area contributed by atoms with Gasteiger partial charge in [-0.2, -0.15) is 0 Å². The highest BCUT2D eigenvalue weighted by atomic mass is 16.6. The first-order valence-corrected chi connectivity index (χ1v) is 5.32. The predicted molar refractivity (Wildman–Crippen MR) is 71.6 cm³/mol. The Morgan fingerprint density at radius 1 is 1.12 bits per heavy atom. The fraction of sp³-hybridized carbons (Fsp3) is 0.538. The van der Waals surface area contributed by atoms with Crippen LogP contribution in [0.25, 0.3) is 0 Å². The van der Waals surface area contributed by atoms with Crippen molar-refractivity contribution in [1.29, 1.82) is 0 Å². The van der Waals surface area contributed by atoms with Crippen LogP contribution in [0.5, 0.6) is 5.75 Å². The van der Waals surface area contributed by atoms with Gasteiger partial charge in [-0.3, -0.25) is 10.1 Å². The van der Waals surface area contributed by atoms with E-state index in [9.17, 15) is 10.1 Å². The third-order valence-corrected chi connectivity index (χ3v) is 1.47. The van der Waals surface area contributed by atoms with Gasteiger partial charge in [0, 0.05) is 12.1 Å². The van der Waals surface area contributed by atoms with E-state index in [1.165, 1.54) is 12.1 Å². The van der Waals surface area contributed by atoms with E-state index in [2.05, 4.69) is 0 Å². The van der Waals surface area contributed by atoms with Crippen LogP contribution in [0.15, 0.2) is 24.3 Å². The van der Waals surface area contributed by atoms with Gasteiger partial charge in [-0.25, -0.2) is 0 Å². The quantitative estimate of drug-likeness (QED) is 0.568. The van der Waals surface area contributed by atoms with E-state index in [1.54, 1.807) is 12.1 Å². The number of nitrogens with zero attached hydrogens (tertiary/aromatic N) is 1. The van der Waals surface area contributed by atoms with Crippen LogP contribution < -0.4 is 4.74 Å². The number of nitro groups is 1. The van der Waals surface area contributed by atoms with Gasteiger partial charge in [0.05, 0.1) is 4.92 Å². The first-order chi connectivity index (χ1) is 7.38. The van der Waals surface area contributed by atoms with Crippen LogP contribution in [0.3, 0.4) is 0 Å². The summed E-state index contributed by atoms with van der Waals surface area (Å²) in [6.45, 7) is 9.78. The number of benzene rings is 1. The molecule has 1 aromatic carbocycles. The maximum atomic E-state index is 10.4. The van der Waals surface area contributed by atoms with Gasteiger partial charge in [0.25, 0.3) is 5.69 Å². The Kier molecular flexibility index (Phi) is 8.02. The van der Waals surface area contributed by atoms with Crippen molar-refractivity contribution in [2.45, 2.75) is 47.6 Å². The molecule has 0 spiro atoms. The molecule has 0 amide bonds. The van der Waals surface area contributed by atoms with Gasteiger partial charge in [0.15, 0.2) is 0 Å². The zero-order valence-corrected chi connectivity index (χ0v) is 10.5. The lowest BCUT2D eigenvalue weighted by Crippen LogP contribution is -2.22. The average molecular weight is 241 g/mol. The van der Waals surface area contributed by atoms with Crippen LogP contribution in [-0.4, -0.2) is 10.5 Å². The molecule has 0 aliphatic rings. The molecular weight excluding hydrogens is 218 g/mol. The zero-order chi connectivity index (χ0) is 12.8. The van der Waals surface area contributed by atoms with Crippen molar-refractivity contribution in [1.82, 2.24) is 0 Å². The van der Waals surface area contributed by atoms with Crippen molar-refractivity contribution in [2.24, 2.45) is 0 Å². The van der Waals surface area contributed by atoms with Gasteiger partial charge in [-0.15, -0.1) is 0 Å². The van der Waals surface area contributed by atoms with E-state index in [-0.39, 0.29) is 18.7 Å². The standard InChI is InChI=1S/C10H13NO3.C2H6.CH4/c1-10(2,3)14-9-6-4-8(5-7-9)11(12)13;1-2;/h4-7H,1-3H3;1-2H3;1H4. The zero-order valence-electron chi connectivity index (χ0n) is 10.5. The number of hydrogen-bond donors (Lipinski definition) is 0. The largest absolute Gasteiger partial charge is 0.488 e. The maximum Gasteiger partial charge on any atom is 0.269 e. The van der Waals surface area contributed by atoms with Gasteiger partial charge in [0.2, 0.25) is 0 Å². The summed E-state index contributed by atoms with van der Waals surface area (Å²) in [5.74, 6) is 0.642. The molecule has 0 aliphatic heterocycles. The molecule has 0 aromatic heterocycles. The van der Waals surface area contributed by atoms with Crippen LogP contribution in [-0.2, 0) is 0 Å². The molecule has 0 aliphatic carbocycles. The van der Waals surface area contributed by atoms with Gasteiger partial charge in [0.1, 0.15) is 11.4 Å². The Labute approximate surface area is 104 Å². The summed E-state index contributed by atoms with van der Waals surface area (Å²) in [6, 6.07) is 6.06. The number of nitro benzene ring substituents is 1. The van der Waals surface area contributed by atoms with Gasteiger partial charge >= 0.3 is 0 Å². The smallest absolute Gasteiger partial charge is 0.269 e. The lowest BCUT2D eigenvalue weighted by molar-refractivity contribution is -0.384. The molecule has 0 bridgehead atoms. The summed E-state index contributed by atoms with van der Waals surface area (Å²) in [4.78, 5) is 9.93. The SMILES string of the molecule is C.CC.CC(C)(C)Oc1ccc([N+](=O)[O-])cc1. The Morgan fingerprint density at radius 2 is 1.53 bits per heavy atom. The lowest BCUT2D eigenvalue weighted by Gasteiger charge is -2.20. The topological polar surface area (TPSA) is 52.4 Å². The van der Waals surface area contributed by atoms with Crippen molar-refractivity contribution >= 4 is 5.69 Å². The van der Waals surface area contributed by atoms with Crippen molar-refractivity contribution in [2.75, 3.05) is 0 Å². The molecule has 4 heteroatoms. The number of rotatable bonds is 2. The molecule has 98 valence electrons. The molecular formula is C13H23NO3. The summed E-state index contributed by atoms with van der Waals surface area (Å²) in [6.07, 6.45) is 0. The van der Waals surface area contributed by atoms with E-state index in [0.717, 1.165) is 0 Å². The van der Waals surface area contributed by atoms with Crippen molar-refractivity contribution in [3.8, 4) is 5.75 Å². The molecule has 0 atom stereocenters. The Bertz CT molecular complexity index is 326. The van der Waals surface area contributed by atoms with E-state index < -0.39 is 4.92 Å². The molecule has 1 rings (SSSR count). The Hall–Kier alpha value is -1.58. The second-order valence-electron chi connectivity index (χ2n) is 3.97. The van der Waals surface area contributed by atoms with Gasteiger partial charge < -0.3 is 4.74 Å². The second-order valence-corrected chi connectivity index (χ2v) is 3.97. The number of non-ortho nitro benzene ring substituents is 1. The number of ether oxygens (including phenoxy) is 1. The van der Waals surface area contributed by atoms with E-state index >= 15 is 0 Å². The van der Waals surface area contributed by atoms with Crippen LogP contribution in [0.1, 0.15) is 42.0 Å². The molecule has 0 N–H and O–H groups in total. The van der Waals surface area contributed by atoms with Crippen LogP contribution >= 0.6 is 0 Å². The van der Waals surface area contributed by atoms with Crippen LogP contribution in [0, 0.1) is 10.1 Å². The predicted octanol–water partition coefficient (Wildman–Crippen LogP) is 4.43. The minimum atomic E-state index is -0.430. The molecule has 17 heavy (non-hydrogen) atoms. The summed E-state index contributed by atoms with van der Waals surface area (Å²) < 4.78 is 5.51. The van der Waals surface area contributed by atoms with Gasteiger partial charge in [-0.1, -0.05) is 21.3 Å². The number of hydrogen-bond acceptors (Lipinski definition) is 3. The Balaban J connectivity index is 0. The first-order valence-electron chi connectivity index (χ1n) is 5.32. The van der Waals surface area contributed by atoms with Crippen molar-refractivity contribution in [3.05, 3.63) is 34.4 Å². The molecule has 0 unspecified atom stereocenters. The maximum absolute atomic E-state index is 10.4. The molecule has 0 saturated carbocycles. The monoisotopic (exact) mass is 241 g/mol. The van der Waals surface area contributed by atoms with Crippen molar-refractivity contribution in [3.63, 3.8) is 0 Å². The molecule has 0 heterocycles.